The summed E-state index contributed by atoms with van der Waals surface area (Å²) in [6, 6.07) is 15.6. The Balaban J connectivity index is 1.93. The average molecular weight is 275 g/mol. The van der Waals surface area contributed by atoms with E-state index in [2.05, 4.69) is 84.2 Å². The van der Waals surface area contributed by atoms with Crippen molar-refractivity contribution in [3.63, 3.8) is 0 Å². The lowest BCUT2D eigenvalue weighted by atomic mass is 9.82. The van der Waals surface area contributed by atoms with Gasteiger partial charge in [-0.1, -0.05) is 38.1 Å². The van der Waals surface area contributed by atoms with Crippen LogP contribution in [0.2, 0.25) is 0 Å². The summed E-state index contributed by atoms with van der Waals surface area (Å²) in [6.45, 7) is 4.63. The minimum atomic E-state index is 0.0667. The minimum Gasteiger partial charge on any atom is -0.239 e. The van der Waals surface area contributed by atoms with E-state index < -0.39 is 0 Å². The van der Waals surface area contributed by atoms with E-state index in [1.165, 1.54) is 27.9 Å². The zero-order chi connectivity index (χ0) is 14.6. The lowest BCUT2D eigenvalue weighted by Gasteiger charge is -2.21. The lowest BCUT2D eigenvalue weighted by molar-refractivity contribution is -0.670. The fourth-order valence-corrected chi connectivity index (χ4v) is 3.46. The average Bonchev–Trinajstić information content (AvgIpc) is 3.01. The van der Waals surface area contributed by atoms with Crippen LogP contribution in [0.1, 0.15) is 25.0 Å². The number of hydrogen-bond donors (Lipinski definition) is 0. The van der Waals surface area contributed by atoms with Crippen LogP contribution in [0.25, 0.3) is 16.8 Å². The Morgan fingerprint density at radius 2 is 1.71 bits per heavy atom. The third-order valence-corrected chi connectivity index (χ3v) is 4.63. The first kappa shape index (κ1) is 12.4. The second-order valence-corrected chi connectivity index (χ2v) is 6.39. The van der Waals surface area contributed by atoms with Crippen LogP contribution < -0.4 is 4.57 Å². The van der Waals surface area contributed by atoms with Gasteiger partial charge < -0.3 is 0 Å². The summed E-state index contributed by atoms with van der Waals surface area (Å²) < 4.78 is 4.23. The largest absolute Gasteiger partial charge is 0.248 e. The van der Waals surface area contributed by atoms with Crippen molar-refractivity contribution in [1.82, 2.24) is 4.57 Å². The molecule has 2 aromatic carbocycles. The maximum atomic E-state index is 2.33. The summed E-state index contributed by atoms with van der Waals surface area (Å²) >= 11 is 0. The fraction of sp³-hybridized carbons (Fsp3) is 0.211. The molecule has 104 valence electrons. The number of aromatic nitrogens is 2. The van der Waals surface area contributed by atoms with Crippen molar-refractivity contribution in [2.45, 2.75) is 19.3 Å². The zero-order valence-electron chi connectivity index (χ0n) is 12.7. The van der Waals surface area contributed by atoms with Crippen molar-refractivity contribution in [2.24, 2.45) is 7.05 Å². The minimum absolute atomic E-state index is 0.0667. The van der Waals surface area contributed by atoms with Gasteiger partial charge in [0.15, 0.2) is 0 Å². The molecule has 1 aliphatic carbocycles. The van der Waals surface area contributed by atoms with Gasteiger partial charge in [-0.2, -0.15) is 0 Å². The molecule has 0 saturated heterocycles. The summed E-state index contributed by atoms with van der Waals surface area (Å²) in [6.07, 6.45) is 6.25. The molecular weight excluding hydrogens is 256 g/mol. The van der Waals surface area contributed by atoms with Gasteiger partial charge in [-0.25, -0.2) is 9.13 Å². The Hall–Kier alpha value is -2.35. The van der Waals surface area contributed by atoms with Gasteiger partial charge in [0.05, 0.1) is 7.05 Å². The monoisotopic (exact) mass is 275 g/mol. The standard InChI is InChI=1S/C19H19N2/c1-19(2)17-7-5-4-6-15(17)16-9-8-14(12-18(16)19)21-11-10-20(3)13-21/h4-13H,1-3H3/q+1. The van der Waals surface area contributed by atoms with E-state index in [4.69, 9.17) is 0 Å². The summed E-state index contributed by atoms with van der Waals surface area (Å²) in [7, 11) is 2.05. The smallest absolute Gasteiger partial charge is 0.239 e. The van der Waals surface area contributed by atoms with Gasteiger partial charge in [-0.3, -0.25) is 0 Å². The van der Waals surface area contributed by atoms with Gasteiger partial charge in [-0.05, 0) is 40.5 Å². The van der Waals surface area contributed by atoms with Crippen LogP contribution in [-0.4, -0.2) is 4.57 Å². The fourth-order valence-electron chi connectivity index (χ4n) is 3.46. The second-order valence-electron chi connectivity index (χ2n) is 6.39. The first-order chi connectivity index (χ1) is 10.1. The first-order valence-corrected chi connectivity index (χ1v) is 7.35. The molecule has 2 heteroatoms. The summed E-state index contributed by atoms with van der Waals surface area (Å²) in [4.78, 5) is 0. The lowest BCUT2D eigenvalue weighted by Crippen LogP contribution is -2.23. The van der Waals surface area contributed by atoms with Gasteiger partial charge in [-0.15, -0.1) is 0 Å². The van der Waals surface area contributed by atoms with Crippen molar-refractivity contribution >= 4 is 0 Å². The highest BCUT2D eigenvalue weighted by atomic mass is 15.1. The molecular formula is C19H19N2+. The number of rotatable bonds is 1. The molecule has 0 radical (unpaired) electrons. The van der Waals surface area contributed by atoms with Crippen LogP contribution >= 0.6 is 0 Å². The first-order valence-electron chi connectivity index (χ1n) is 7.35. The Kier molecular flexibility index (Phi) is 2.41. The highest BCUT2D eigenvalue weighted by Crippen LogP contribution is 2.48. The van der Waals surface area contributed by atoms with Crippen LogP contribution in [0.15, 0.2) is 61.2 Å². The number of hydrogen-bond acceptors (Lipinski definition) is 0. The molecule has 4 rings (SSSR count). The maximum absolute atomic E-state index is 2.33. The molecule has 0 amide bonds. The summed E-state index contributed by atoms with van der Waals surface area (Å²) in [5.41, 5.74) is 6.87. The molecule has 0 fully saturated rings. The molecule has 0 aliphatic heterocycles. The molecule has 0 bridgehead atoms. The number of imidazole rings is 1. The topological polar surface area (TPSA) is 8.81 Å². The van der Waals surface area contributed by atoms with Gasteiger partial charge in [0.1, 0.15) is 18.1 Å². The highest BCUT2D eigenvalue weighted by Gasteiger charge is 2.35. The molecule has 0 N–H and O–H groups in total. The normalized spacial score (nSPS) is 14.8. The molecule has 1 aromatic heterocycles. The van der Waals surface area contributed by atoms with Crippen molar-refractivity contribution in [3.05, 3.63) is 72.3 Å². The van der Waals surface area contributed by atoms with Crippen molar-refractivity contribution in [2.75, 3.05) is 0 Å². The molecule has 21 heavy (non-hydrogen) atoms. The Labute approximate surface area is 125 Å². The van der Waals surface area contributed by atoms with E-state index in [9.17, 15) is 0 Å². The zero-order valence-corrected chi connectivity index (χ0v) is 12.7. The van der Waals surface area contributed by atoms with Crippen molar-refractivity contribution in [1.29, 1.82) is 0 Å². The number of nitrogens with zero attached hydrogens (tertiary/aromatic N) is 2. The predicted molar refractivity (Wildman–Crippen MR) is 84.5 cm³/mol. The van der Waals surface area contributed by atoms with Gasteiger partial charge >= 0.3 is 0 Å². The van der Waals surface area contributed by atoms with Crippen LogP contribution in [0.3, 0.4) is 0 Å². The predicted octanol–water partition coefficient (Wildman–Crippen LogP) is 3.61. The third-order valence-electron chi connectivity index (χ3n) is 4.63. The van der Waals surface area contributed by atoms with E-state index in [0.717, 1.165) is 0 Å². The van der Waals surface area contributed by atoms with Crippen LogP contribution in [-0.2, 0) is 12.5 Å². The molecule has 0 unspecified atom stereocenters. The maximum Gasteiger partial charge on any atom is 0.248 e. The molecule has 3 aromatic rings. The van der Waals surface area contributed by atoms with Gasteiger partial charge in [0.25, 0.3) is 0 Å². The number of fused-ring (bicyclic) bond motifs is 3. The SMILES string of the molecule is C[n+]1ccn(-c2ccc3c(c2)C(C)(C)c2ccccc2-3)c1. The summed E-state index contributed by atoms with van der Waals surface area (Å²) in [5, 5.41) is 0. The number of benzene rings is 2. The van der Waals surface area contributed by atoms with Crippen molar-refractivity contribution in [3.8, 4) is 16.8 Å². The molecule has 0 atom stereocenters. The molecule has 1 heterocycles. The Morgan fingerprint density at radius 1 is 0.952 bits per heavy atom. The van der Waals surface area contributed by atoms with E-state index in [1.54, 1.807) is 0 Å². The van der Waals surface area contributed by atoms with Gasteiger partial charge in [0.2, 0.25) is 6.33 Å². The van der Waals surface area contributed by atoms with Crippen LogP contribution in [0.5, 0.6) is 0 Å². The van der Waals surface area contributed by atoms with Crippen molar-refractivity contribution < 1.29 is 4.57 Å². The molecule has 2 nitrogen and oxygen atoms in total. The molecule has 1 aliphatic rings. The second kappa shape index (κ2) is 4.08. The quantitative estimate of drug-likeness (QED) is 0.600. The van der Waals surface area contributed by atoms with Crippen LogP contribution in [0, 0.1) is 0 Å². The van der Waals surface area contributed by atoms with E-state index in [0.29, 0.717) is 0 Å². The Morgan fingerprint density at radius 3 is 2.48 bits per heavy atom. The highest BCUT2D eigenvalue weighted by molar-refractivity contribution is 5.81. The molecule has 0 saturated carbocycles. The van der Waals surface area contributed by atoms with E-state index in [-0.39, 0.29) is 5.41 Å². The Bertz CT molecular complexity index is 840. The van der Waals surface area contributed by atoms with Gasteiger partial charge in [0, 0.05) is 5.41 Å². The third kappa shape index (κ3) is 1.69. The molecule has 0 spiro atoms. The van der Waals surface area contributed by atoms with E-state index >= 15 is 0 Å². The van der Waals surface area contributed by atoms with Crippen LogP contribution in [0.4, 0.5) is 0 Å². The number of aryl methyl sites for hydroxylation is 1. The summed E-state index contributed by atoms with van der Waals surface area (Å²) in [5.74, 6) is 0. The van der Waals surface area contributed by atoms with E-state index in [1.807, 2.05) is 7.05 Å².